The fourth-order valence-electron chi connectivity index (χ4n) is 1.49. The molecule has 0 aliphatic heterocycles. The Bertz CT molecular complexity index is 120. The number of rotatable bonds is 1. The van der Waals surface area contributed by atoms with E-state index in [-0.39, 0.29) is 0 Å². The van der Waals surface area contributed by atoms with Crippen molar-refractivity contribution in [3.05, 3.63) is 12.7 Å². The van der Waals surface area contributed by atoms with Crippen LogP contribution in [0.2, 0.25) is 0 Å². The van der Waals surface area contributed by atoms with Gasteiger partial charge in [-0.15, -0.1) is 6.58 Å². The molecule has 0 aromatic rings. The van der Waals surface area contributed by atoms with Gasteiger partial charge in [0, 0.05) is 0 Å². The van der Waals surface area contributed by atoms with E-state index in [9.17, 15) is 5.11 Å². The Hall–Kier alpha value is -0.300. The average Bonchev–Trinajstić information content (AvgIpc) is 2.15. The second kappa shape index (κ2) is 2.14. The van der Waals surface area contributed by atoms with E-state index < -0.39 is 5.60 Å². The van der Waals surface area contributed by atoms with Crippen molar-refractivity contribution in [2.75, 3.05) is 0 Å². The van der Waals surface area contributed by atoms with E-state index in [4.69, 9.17) is 0 Å². The van der Waals surface area contributed by atoms with E-state index in [1.54, 1.807) is 6.08 Å². The molecule has 9 heavy (non-hydrogen) atoms. The maximum Gasteiger partial charge on any atom is 0.0850 e. The van der Waals surface area contributed by atoms with E-state index >= 15 is 0 Å². The summed E-state index contributed by atoms with van der Waals surface area (Å²) >= 11 is 0. The molecule has 0 radical (unpaired) electrons. The Morgan fingerprint density at radius 3 is 2.67 bits per heavy atom. The topological polar surface area (TPSA) is 20.2 Å². The van der Waals surface area contributed by atoms with Gasteiger partial charge in [-0.1, -0.05) is 13.0 Å². The molecule has 1 aliphatic carbocycles. The minimum absolute atomic E-state index is 0.412. The number of hydrogen-bond donors (Lipinski definition) is 1. The largest absolute Gasteiger partial charge is 0.386 e. The monoisotopic (exact) mass is 126 g/mol. The summed E-state index contributed by atoms with van der Waals surface area (Å²) in [7, 11) is 0. The van der Waals surface area contributed by atoms with E-state index in [1.165, 1.54) is 0 Å². The summed E-state index contributed by atoms with van der Waals surface area (Å²) in [6.07, 6.45) is 4.87. The van der Waals surface area contributed by atoms with Gasteiger partial charge in [0.25, 0.3) is 0 Å². The molecule has 52 valence electrons. The van der Waals surface area contributed by atoms with Crippen LogP contribution < -0.4 is 0 Å². The SMILES string of the molecule is C=C[C@]1(O)CCC[C@H]1C. The van der Waals surface area contributed by atoms with Gasteiger partial charge in [-0.3, -0.25) is 0 Å². The molecule has 1 N–H and O–H groups in total. The van der Waals surface area contributed by atoms with Crippen molar-refractivity contribution in [2.45, 2.75) is 31.8 Å². The molecule has 1 nitrogen and oxygen atoms in total. The maximum atomic E-state index is 9.65. The molecule has 1 aliphatic rings. The first-order valence-electron chi connectivity index (χ1n) is 3.55. The van der Waals surface area contributed by atoms with Crippen LogP contribution in [0, 0.1) is 5.92 Å². The van der Waals surface area contributed by atoms with Crippen LogP contribution in [0.3, 0.4) is 0 Å². The Labute approximate surface area is 56.4 Å². The van der Waals surface area contributed by atoms with Gasteiger partial charge < -0.3 is 5.11 Å². The molecule has 1 saturated carbocycles. The Morgan fingerprint density at radius 2 is 2.44 bits per heavy atom. The lowest BCUT2D eigenvalue weighted by Crippen LogP contribution is -2.27. The summed E-state index contributed by atoms with van der Waals surface area (Å²) in [4.78, 5) is 0. The Balaban J connectivity index is 2.66. The van der Waals surface area contributed by atoms with Crippen LogP contribution in [0.1, 0.15) is 26.2 Å². The van der Waals surface area contributed by atoms with E-state index in [0.717, 1.165) is 19.3 Å². The van der Waals surface area contributed by atoms with Crippen LogP contribution in [0.5, 0.6) is 0 Å². The third-order valence-corrected chi connectivity index (χ3v) is 2.42. The Kier molecular flexibility index (Phi) is 1.62. The zero-order chi connectivity index (χ0) is 6.91. The molecule has 0 spiro atoms. The zero-order valence-electron chi connectivity index (χ0n) is 5.93. The summed E-state index contributed by atoms with van der Waals surface area (Å²) in [5.41, 5.74) is -0.542. The minimum Gasteiger partial charge on any atom is -0.386 e. The van der Waals surface area contributed by atoms with Crippen molar-refractivity contribution in [3.8, 4) is 0 Å². The first-order chi connectivity index (χ1) is 4.19. The lowest BCUT2D eigenvalue weighted by atomic mass is 9.93. The van der Waals surface area contributed by atoms with Crippen molar-refractivity contribution in [1.29, 1.82) is 0 Å². The molecule has 0 saturated heterocycles. The highest BCUT2D eigenvalue weighted by Crippen LogP contribution is 2.35. The molecule has 0 unspecified atom stereocenters. The zero-order valence-corrected chi connectivity index (χ0v) is 5.93. The van der Waals surface area contributed by atoms with Crippen LogP contribution >= 0.6 is 0 Å². The van der Waals surface area contributed by atoms with Gasteiger partial charge in [0.2, 0.25) is 0 Å². The molecule has 1 fully saturated rings. The fourth-order valence-corrected chi connectivity index (χ4v) is 1.49. The van der Waals surface area contributed by atoms with Crippen molar-refractivity contribution in [2.24, 2.45) is 5.92 Å². The summed E-state index contributed by atoms with van der Waals surface area (Å²) in [5.74, 6) is 0.412. The second-order valence-corrected chi connectivity index (χ2v) is 2.99. The molecular formula is C8H14O. The molecule has 2 atom stereocenters. The highest BCUT2D eigenvalue weighted by Gasteiger charge is 2.34. The smallest absolute Gasteiger partial charge is 0.0850 e. The van der Waals surface area contributed by atoms with Gasteiger partial charge in [0.05, 0.1) is 5.60 Å². The van der Waals surface area contributed by atoms with Gasteiger partial charge in [0.1, 0.15) is 0 Å². The second-order valence-electron chi connectivity index (χ2n) is 2.99. The summed E-state index contributed by atoms with van der Waals surface area (Å²) in [5, 5.41) is 9.65. The molecule has 0 aromatic carbocycles. The summed E-state index contributed by atoms with van der Waals surface area (Å²) < 4.78 is 0. The van der Waals surface area contributed by atoms with Crippen LogP contribution in [0.25, 0.3) is 0 Å². The minimum atomic E-state index is -0.542. The summed E-state index contributed by atoms with van der Waals surface area (Å²) in [6.45, 7) is 5.69. The highest BCUT2D eigenvalue weighted by molar-refractivity contribution is 5.02. The molecule has 0 heterocycles. The molecule has 0 amide bonds. The van der Waals surface area contributed by atoms with E-state index in [0.29, 0.717) is 5.92 Å². The van der Waals surface area contributed by atoms with Crippen molar-refractivity contribution < 1.29 is 5.11 Å². The van der Waals surface area contributed by atoms with E-state index in [2.05, 4.69) is 13.5 Å². The quantitative estimate of drug-likeness (QED) is 0.530. The fraction of sp³-hybridized carbons (Fsp3) is 0.750. The Morgan fingerprint density at radius 1 is 1.78 bits per heavy atom. The van der Waals surface area contributed by atoms with Gasteiger partial charge in [-0.2, -0.15) is 0 Å². The first-order valence-corrected chi connectivity index (χ1v) is 3.55. The maximum absolute atomic E-state index is 9.65. The average molecular weight is 126 g/mol. The van der Waals surface area contributed by atoms with Crippen LogP contribution in [-0.4, -0.2) is 10.7 Å². The first kappa shape index (κ1) is 6.81. The van der Waals surface area contributed by atoms with Gasteiger partial charge in [-0.05, 0) is 25.2 Å². The molecule has 0 bridgehead atoms. The molecule has 1 rings (SSSR count). The van der Waals surface area contributed by atoms with Gasteiger partial charge in [0.15, 0.2) is 0 Å². The predicted octanol–water partition coefficient (Wildman–Crippen LogP) is 1.72. The third-order valence-electron chi connectivity index (χ3n) is 2.42. The molecular weight excluding hydrogens is 112 g/mol. The number of aliphatic hydroxyl groups is 1. The van der Waals surface area contributed by atoms with Gasteiger partial charge in [-0.25, -0.2) is 0 Å². The van der Waals surface area contributed by atoms with E-state index in [1.807, 2.05) is 0 Å². The third kappa shape index (κ3) is 1.01. The predicted molar refractivity (Wildman–Crippen MR) is 38.2 cm³/mol. The van der Waals surface area contributed by atoms with Crippen molar-refractivity contribution in [3.63, 3.8) is 0 Å². The highest BCUT2D eigenvalue weighted by atomic mass is 16.3. The molecule has 1 heteroatoms. The standard InChI is InChI=1S/C8H14O/c1-3-8(9)6-4-5-7(8)2/h3,7,9H,1,4-6H2,2H3/t7-,8+/m1/s1. The van der Waals surface area contributed by atoms with Crippen molar-refractivity contribution in [1.82, 2.24) is 0 Å². The lowest BCUT2D eigenvalue weighted by Gasteiger charge is -2.22. The summed E-state index contributed by atoms with van der Waals surface area (Å²) in [6, 6.07) is 0. The van der Waals surface area contributed by atoms with Crippen LogP contribution in [0.15, 0.2) is 12.7 Å². The van der Waals surface area contributed by atoms with Crippen LogP contribution in [-0.2, 0) is 0 Å². The number of hydrogen-bond acceptors (Lipinski definition) is 1. The van der Waals surface area contributed by atoms with Crippen molar-refractivity contribution >= 4 is 0 Å². The van der Waals surface area contributed by atoms with Crippen LogP contribution in [0.4, 0.5) is 0 Å². The normalized spacial score (nSPS) is 43.1. The molecule has 0 aromatic heterocycles. The van der Waals surface area contributed by atoms with Gasteiger partial charge >= 0.3 is 0 Å². The lowest BCUT2D eigenvalue weighted by molar-refractivity contribution is 0.0590.